The van der Waals surface area contributed by atoms with E-state index in [-0.39, 0.29) is 0 Å². The molecule has 1 heterocycles. The standard InChI is InChI=1S/C9H11BrN2/c10-7-1-2-9(12-5-7)8-3-6(8)4-11/h1-2,5-6,8H,3-4,11H2/t6-,8+/m0/s1. The fourth-order valence-corrected chi connectivity index (χ4v) is 1.71. The molecule has 64 valence electrons. The highest BCUT2D eigenvalue weighted by molar-refractivity contribution is 9.10. The van der Waals surface area contributed by atoms with Crippen molar-refractivity contribution < 1.29 is 0 Å². The Bertz CT molecular complexity index is 270. The van der Waals surface area contributed by atoms with Crippen LogP contribution < -0.4 is 5.73 Å². The Morgan fingerprint density at radius 3 is 2.92 bits per heavy atom. The highest BCUT2D eigenvalue weighted by Crippen LogP contribution is 2.45. The first kappa shape index (κ1) is 8.20. The van der Waals surface area contributed by atoms with Gasteiger partial charge in [0.25, 0.3) is 0 Å². The van der Waals surface area contributed by atoms with E-state index in [1.165, 1.54) is 12.1 Å². The van der Waals surface area contributed by atoms with Gasteiger partial charge in [0.15, 0.2) is 0 Å². The van der Waals surface area contributed by atoms with E-state index < -0.39 is 0 Å². The predicted octanol–water partition coefficient (Wildman–Crippen LogP) is 1.91. The van der Waals surface area contributed by atoms with Crippen molar-refractivity contribution in [2.75, 3.05) is 6.54 Å². The second kappa shape index (κ2) is 3.15. The Kier molecular flexibility index (Phi) is 2.15. The first-order valence-electron chi connectivity index (χ1n) is 4.13. The van der Waals surface area contributed by atoms with Crippen LogP contribution in [0, 0.1) is 5.92 Å². The number of nitrogens with two attached hydrogens (primary N) is 1. The fraction of sp³-hybridized carbons (Fsp3) is 0.444. The molecule has 0 saturated heterocycles. The monoisotopic (exact) mass is 226 g/mol. The molecule has 0 unspecified atom stereocenters. The maximum absolute atomic E-state index is 5.55. The Morgan fingerprint density at radius 2 is 2.42 bits per heavy atom. The lowest BCUT2D eigenvalue weighted by Gasteiger charge is -1.97. The van der Waals surface area contributed by atoms with Gasteiger partial charge in [0.05, 0.1) is 0 Å². The molecule has 0 spiro atoms. The Hall–Kier alpha value is -0.410. The average Bonchev–Trinajstić information content (AvgIpc) is 2.85. The van der Waals surface area contributed by atoms with Crippen molar-refractivity contribution in [1.29, 1.82) is 0 Å². The van der Waals surface area contributed by atoms with Crippen LogP contribution >= 0.6 is 15.9 Å². The molecule has 2 atom stereocenters. The van der Waals surface area contributed by atoms with E-state index in [1.54, 1.807) is 0 Å². The molecule has 1 aromatic rings. The molecule has 1 fully saturated rings. The van der Waals surface area contributed by atoms with E-state index >= 15 is 0 Å². The van der Waals surface area contributed by atoms with Crippen molar-refractivity contribution in [1.82, 2.24) is 4.98 Å². The van der Waals surface area contributed by atoms with Crippen LogP contribution in [0.5, 0.6) is 0 Å². The second-order valence-corrected chi connectivity index (χ2v) is 4.15. The van der Waals surface area contributed by atoms with Gasteiger partial charge in [-0.25, -0.2) is 0 Å². The van der Waals surface area contributed by atoms with Gasteiger partial charge in [-0.3, -0.25) is 4.98 Å². The maximum Gasteiger partial charge on any atom is 0.0438 e. The molecule has 2 rings (SSSR count). The normalized spacial score (nSPS) is 27.2. The molecule has 1 saturated carbocycles. The highest BCUT2D eigenvalue weighted by Gasteiger charge is 2.37. The van der Waals surface area contributed by atoms with Gasteiger partial charge in [-0.05, 0) is 46.9 Å². The number of pyridine rings is 1. The number of hydrogen-bond donors (Lipinski definition) is 1. The topological polar surface area (TPSA) is 38.9 Å². The van der Waals surface area contributed by atoms with Gasteiger partial charge < -0.3 is 5.73 Å². The minimum Gasteiger partial charge on any atom is -0.330 e. The summed E-state index contributed by atoms with van der Waals surface area (Å²) < 4.78 is 1.04. The molecular weight excluding hydrogens is 216 g/mol. The first-order valence-corrected chi connectivity index (χ1v) is 4.92. The summed E-state index contributed by atoms with van der Waals surface area (Å²) in [4.78, 5) is 4.34. The molecule has 1 aliphatic carbocycles. The molecule has 2 N–H and O–H groups in total. The van der Waals surface area contributed by atoms with Gasteiger partial charge in [-0.15, -0.1) is 0 Å². The van der Waals surface area contributed by atoms with Gasteiger partial charge in [-0.1, -0.05) is 0 Å². The molecule has 0 bridgehead atoms. The molecule has 1 aliphatic rings. The van der Waals surface area contributed by atoms with Crippen molar-refractivity contribution in [3.8, 4) is 0 Å². The molecule has 0 aliphatic heterocycles. The third-order valence-corrected chi connectivity index (χ3v) is 2.82. The van der Waals surface area contributed by atoms with Crippen molar-refractivity contribution in [2.45, 2.75) is 12.3 Å². The van der Waals surface area contributed by atoms with Gasteiger partial charge >= 0.3 is 0 Å². The van der Waals surface area contributed by atoms with Crippen LogP contribution in [-0.4, -0.2) is 11.5 Å². The Balaban J connectivity index is 2.10. The summed E-state index contributed by atoms with van der Waals surface area (Å²) in [5, 5.41) is 0. The van der Waals surface area contributed by atoms with Gasteiger partial charge in [0, 0.05) is 22.3 Å². The van der Waals surface area contributed by atoms with Crippen molar-refractivity contribution in [3.05, 3.63) is 28.5 Å². The minimum atomic E-state index is 0.628. The molecule has 3 heteroatoms. The summed E-state index contributed by atoms with van der Waals surface area (Å²) in [5.41, 5.74) is 6.74. The summed E-state index contributed by atoms with van der Waals surface area (Å²) in [5.74, 6) is 1.31. The number of rotatable bonds is 2. The van der Waals surface area contributed by atoms with Gasteiger partial charge in [0.1, 0.15) is 0 Å². The molecule has 1 aromatic heterocycles. The molecule has 2 nitrogen and oxygen atoms in total. The Morgan fingerprint density at radius 1 is 1.58 bits per heavy atom. The van der Waals surface area contributed by atoms with Crippen LogP contribution in [0.4, 0.5) is 0 Å². The zero-order chi connectivity index (χ0) is 8.55. The largest absolute Gasteiger partial charge is 0.330 e. The van der Waals surface area contributed by atoms with Crippen molar-refractivity contribution >= 4 is 15.9 Å². The minimum absolute atomic E-state index is 0.628. The number of halogens is 1. The highest BCUT2D eigenvalue weighted by atomic mass is 79.9. The molecule has 0 amide bonds. The van der Waals surface area contributed by atoms with E-state index in [9.17, 15) is 0 Å². The van der Waals surface area contributed by atoms with E-state index in [2.05, 4.69) is 27.0 Å². The summed E-state index contributed by atoms with van der Waals surface area (Å²) in [6.45, 7) is 0.794. The van der Waals surface area contributed by atoms with Crippen LogP contribution in [-0.2, 0) is 0 Å². The van der Waals surface area contributed by atoms with E-state index in [0.717, 1.165) is 11.0 Å². The average molecular weight is 227 g/mol. The zero-order valence-corrected chi connectivity index (χ0v) is 8.29. The first-order chi connectivity index (χ1) is 5.81. The lowest BCUT2D eigenvalue weighted by molar-refractivity contribution is 0.797. The van der Waals surface area contributed by atoms with Crippen LogP contribution in [0.1, 0.15) is 18.0 Å². The third-order valence-electron chi connectivity index (χ3n) is 2.36. The van der Waals surface area contributed by atoms with E-state index in [4.69, 9.17) is 5.73 Å². The van der Waals surface area contributed by atoms with Crippen LogP contribution in [0.25, 0.3) is 0 Å². The summed E-state index contributed by atoms with van der Waals surface area (Å²) >= 11 is 3.36. The summed E-state index contributed by atoms with van der Waals surface area (Å²) in [7, 11) is 0. The maximum atomic E-state index is 5.55. The van der Waals surface area contributed by atoms with Crippen LogP contribution in [0.3, 0.4) is 0 Å². The Labute approximate surface area is 80.3 Å². The predicted molar refractivity (Wildman–Crippen MR) is 51.8 cm³/mol. The number of aromatic nitrogens is 1. The van der Waals surface area contributed by atoms with E-state index in [0.29, 0.717) is 11.8 Å². The third kappa shape index (κ3) is 1.52. The summed E-state index contributed by atoms with van der Waals surface area (Å²) in [6.07, 6.45) is 3.06. The lowest BCUT2D eigenvalue weighted by atomic mass is 10.2. The molecule has 0 aromatic carbocycles. The smallest absolute Gasteiger partial charge is 0.0438 e. The van der Waals surface area contributed by atoms with Gasteiger partial charge in [0.2, 0.25) is 0 Å². The molecule has 12 heavy (non-hydrogen) atoms. The summed E-state index contributed by atoms with van der Waals surface area (Å²) in [6, 6.07) is 4.11. The number of nitrogens with zero attached hydrogens (tertiary/aromatic N) is 1. The zero-order valence-electron chi connectivity index (χ0n) is 6.70. The lowest BCUT2D eigenvalue weighted by Crippen LogP contribution is -2.02. The van der Waals surface area contributed by atoms with Crippen molar-refractivity contribution in [2.24, 2.45) is 11.7 Å². The SMILES string of the molecule is NC[C@@H]1C[C@H]1c1ccc(Br)cn1. The second-order valence-electron chi connectivity index (χ2n) is 3.24. The van der Waals surface area contributed by atoms with Crippen LogP contribution in [0.15, 0.2) is 22.8 Å². The van der Waals surface area contributed by atoms with Crippen LogP contribution in [0.2, 0.25) is 0 Å². The van der Waals surface area contributed by atoms with E-state index in [1.807, 2.05) is 12.3 Å². The van der Waals surface area contributed by atoms with Crippen molar-refractivity contribution in [3.63, 3.8) is 0 Å². The van der Waals surface area contributed by atoms with Gasteiger partial charge in [-0.2, -0.15) is 0 Å². The quantitative estimate of drug-likeness (QED) is 0.838. The number of hydrogen-bond acceptors (Lipinski definition) is 2. The molecular formula is C9H11BrN2. The molecule has 0 radical (unpaired) electrons. The fourth-order valence-electron chi connectivity index (χ4n) is 1.48.